The first-order valence-electron chi connectivity index (χ1n) is 3.73. The highest BCUT2D eigenvalue weighted by molar-refractivity contribution is 5.76. The van der Waals surface area contributed by atoms with Crippen molar-refractivity contribution in [2.45, 2.75) is 19.3 Å². The minimum Gasteiger partial charge on any atom is -0.339 e. The molecule has 1 rings (SSSR count). The van der Waals surface area contributed by atoms with E-state index in [-0.39, 0.29) is 5.91 Å². The van der Waals surface area contributed by atoms with Crippen molar-refractivity contribution in [1.29, 1.82) is 0 Å². The third-order valence-corrected chi connectivity index (χ3v) is 1.77. The molecule has 0 aromatic rings. The van der Waals surface area contributed by atoms with Gasteiger partial charge in [-0.25, -0.2) is 0 Å². The summed E-state index contributed by atoms with van der Waals surface area (Å²) in [5.74, 6) is 0.283. The van der Waals surface area contributed by atoms with Gasteiger partial charge >= 0.3 is 0 Å². The Kier molecular flexibility index (Phi) is 2.49. The van der Waals surface area contributed by atoms with Crippen LogP contribution in [0.25, 0.3) is 0 Å². The van der Waals surface area contributed by atoms with E-state index in [1.165, 1.54) is 0 Å². The number of nitrogens with zero attached hydrogens (tertiary/aromatic N) is 1. The molecule has 0 bridgehead atoms. The molecule has 0 N–H and O–H groups in total. The van der Waals surface area contributed by atoms with Gasteiger partial charge in [0.05, 0.1) is 0 Å². The molecule has 0 atom stereocenters. The molecule has 0 unspecified atom stereocenters. The van der Waals surface area contributed by atoms with Crippen molar-refractivity contribution >= 4 is 5.91 Å². The molecule has 1 amide bonds. The molecular weight excluding hydrogens is 126 g/mol. The van der Waals surface area contributed by atoms with Gasteiger partial charge in [-0.15, -0.1) is 6.58 Å². The molecule has 0 radical (unpaired) electrons. The summed E-state index contributed by atoms with van der Waals surface area (Å²) in [4.78, 5) is 12.9. The van der Waals surface area contributed by atoms with Gasteiger partial charge in [0.1, 0.15) is 0 Å². The van der Waals surface area contributed by atoms with Crippen LogP contribution in [0.1, 0.15) is 19.3 Å². The van der Waals surface area contributed by atoms with Crippen LogP contribution in [0.2, 0.25) is 0 Å². The van der Waals surface area contributed by atoms with E-state index in [4.69, 9.17) is 0 Å². The Morgan fingerprint density at radius 1 is 1.60 bits per heavy atom. The second-order valence-corrected chi connectivity index (χ2v) is 2.59. The van der Waals surface area contributed by atoms with E-state index in [1.807, 2.05) is 4.90 Å². The maximum absolute atomic E-state index is 11.1. The minimum absolute atomic E-state index is 0.283. The van der Waals surface area contributed by atoms with E-state index in [1.54, 1.807) is 6.08 Å². The summed E-state index contributed by atoms with van der Waals surface area (Å²) in [5, 5.41) is 0. The number of carbonyl (C=O) groups is 1. The lowest BCUT2D eigenvalue weighted by molar-refractivity contribution is -0.132. The fourth-order valence-electron chi connectivity index (χ4n) is 1.21. The van der Waals surface area contributed by atoms with Crippen LogP contribution in [-0.2, 0) is 4.79 Å². The van der Waals surface area contributed by atoms with Crippen molar-refractivity contribution < 1.29 is 4.79 Å². The maximum Gasteiger partial charge on any atom is 0.222 e. The predicted octanol–water partition coefficient (Wildman–Crippen LogP) is 1.18. The largest absolute Gasteiger partial charge is 0.339 e. The van der Waals surface area contributed by atoms with Gasteiger partial charge in [0.15, 0.2) is 0 Å². The number of hydrogen-bond acceptors (Lipinski definition) is 1. The van der Waals surface area contributed by atoms with Crippen molar-refractivity contribution in [3.05, 3.63) is 12.7 Å². The molecule has 0 aromatic carbocycles. The molecule has 1 heterocycles. The molecule has 0 spiro atoms. The van der Waals surface area contributed by atoms with Crippen LogP contribution in [0.15, 0.2) is 12.7 Å². The SMILES string of the molecule is C=CCN1CCCCC1=O. The highest BCUT2D eigenvalue weighted by atomic mass is 16.2. The molecule has 0 saturated carbocycles. The molecular formula is C8H13NO. The maximum atomic E-state index is 11.1. The quantitative estimate of drug-likeness (QED) is 0.526. The average Bonchev–Trinajstić information content (AvgIpc) is 1.94. The molecule has 1 saturated heterocycles. The normalized spacial score (nSPS) is 19.2. The Balaban J connectivity index is 2.39. The van der Waals surface area contributed by atoms with Crippen molar-refractivity contribution in [2.24, 2.45) is 0 Å². The molecule has 10 heavy (non-hydrogen) atoms. The Morgan fingerprint density at radius 3 is 3.00 bits per heavy atom. The smallest absolute Gasteiger partial charge is 0.222 e. The van der Waals surface area contributed by atoms with Gasteiger partial charge in [0.2, 0.25) is 5.91 Å². The zero-order valence-electron chi connectivity index (χ0n) is 6.18. The van der Waals surface area contributed by atoms with Gasteiger partial charge in [0, 0.05) is 19.5 Å². The Labute approximate surface area is 61.5 Å². The fourth-order valence-corrected chi connectivity index (χ4v) is 1.21. The van der Waals surface area contributed by atoms with Crippen molar-refractivity contribution in [3.8, 4) is 0 Å². The van der Waals surface area contributed by atoms with E-state index in [0.29, 0.717) is 0 Å². The van der Waals surface area contributed by atoms with Gasteiger partial charge in [-0.1, -0.05) is 6.08 Å². The molecule has 1 aliphatic rings. The number of amides is 1. The Hall–Kier alpha value is -0.790. The molecule has 2 nitrogen and oxygen atoms in total. The van der Waals surface area contributed by atoms with E-state index in [2.05, 4.69) is 6.58 Å². The monoisotopic (exact) mass is 139 g/mol. The summed E-state index contributed by atoms with van der Waals surface area (Å²) in [7, 11) is 0. The van der Waals surface area contributed by atoms with Gasteiger partial charge in [-0.2, -0.15) is 0 Å². The van der Waals surface area contributed by atoms with E-state index in [0.717, 1.165) is 32.4 Å². The van der Waals surface area contributed by atoms with Crippen LogP contribution in [-0.4, -0.2) is 23.9 Å². The Morgan fingerprint density at radius 2 is 2.40 bits per heavy atom. The Bertz CT molecular complexity index is 142. The van der Waals surface area contributed by atoms with Crippen molar-refractivity contribution in [2.75, 3.05) is 13.1 Å². The lowest BCUT2D eigenvalue weighted by atomic mass is 10.1. The van der Waals surface area contributed by atoms with Crippen LogP contribution in [0.5, 0.6) is 0 Å². The molecule has 1 fully saturated rings. The van der Waals surface area contributed by atoms with Crippen LogP contribution in [0.4, 0.5) is 0 Å². The molecule has 2 heteroatoms. The lowest BCUT2D eigenvalue weighted by Gasteiger charge is -2.24. The highest BCUT2D eigenvalue weighted by Gasteiger charge is 2.15. The number of hydrogen-bond donors (Lipinski definition) is 0. The topological polar surface area (TPSA) is 20.3 Å². The highest BCUT2D eigenvalue weighted by Crippen LogP contribution is 2.09. The predicted molar refractivity (Wildman–Crippen MR) is 40.6 cm³/mol. The molecule has 0 aliphatic carbocycles. The molecule has 56 valence electrons. The third kappa shape index (κ3) is 1.59. The van der Waals surface area contributed by atoms with E-state index in [9.17, 15) is 4.79 Å². The van der Waals surface area contributed by atoms with Crippen molar-refractivity contribution in [1.82, 2.24) is 4.90 Å². The van der Waals surface area contributed by atoms with Crippen LogP contribution >= 0.6 is 0 Å². The van der Waals surface area contributed by atoms with Crippen LogP contribution in [0, 0.1) is 0 Å². The standard InChI is InChI=1S/C8H13NO/c1-2-6-9-7-4-3-5-8(9)10/h2H,1,3-7H2. The van der Waals surface area contributed by atoms with Gasteiger partial charge in [-0.3, -0.25) is 4.79 Å². The number of rotatable bonds is 2. The number of carbonyl (C=O) groups excluding carboxylic acids is 1. The lowest BCUT2D eigenvalue weighted by Crippen LogP contribution is -2.35. The molecule has 1 aliphatic heterocycles. The second-order valence-electron chi connectivity index (χ2n) is 2.59. The number of likely N-dealkylation sites (tertiary alicyclic amines) is 1. The first-order chi connectivity index (χ1) is 4.84. The summed E-state index contributed by atoms with van der Waals surface area (Å²) >= 11 is 0. The van der Waals surface area contributed by atoms with Crippen molar-refractivity contribution in [3.63, 3.8) is 0 Å². The summed E-state index contributed by atoms with van der Waals surface area (Å²) < 4.78 is 0. The first-order valence-corrected chi connectivity index (χ1v) is 3.73. The van der Waals surface area contributed by atoms with Crippen LogP contribution in [0.3, 0.4) is 0 Å². The van der Waals surface area contributed by atoms with Gasteiger partial charge in [0.25, 0.3) is 0 Å². The second kappa shape index (κ2) is 3.40. The van der Waals surface area contributed by atoms with Gasteiger partial charge < -0.3 is 4.90 Å². The third-order valence-electron chi connectivity index (χ3n) is 1.77. The summed E-state index contributed by atoms with van der Waals surface area (Å²) in [5.41, 5.74) is 0. The zero-order chi connectivity index (χ0) is 7.40. The zero-order valence-corrected chi connectivity index (χ0v) is 6.18. The summed E-state index contributed by atoms with van der Waals surface area (Å²) in [6.45, 7) is 5.24. The average molecular weight is 139 g/mol. The van der Waals surface area contributed by atoms with Crippen LogP contribution < -0.4 is 0 Å². The van der Waals surface area contributed by atoms with E-state index < -0.39 is 0 Å². The number of piperidine rings is 1. The first kappa shape index (κ1) is 7.32. The molecule has 0 aromatic heterocycles. The fraction of sp³-hybridized carbons (Fsp3) is 0.625. The minimum atomic E-state index is 0.283. The summed E-state index contributed by atoms with van der Waals surface area (Å²) in [6.07, 6.45) is 4.73. The summed E-state index contributed by atoms with van der Waals surface area (Å²) in [6, 6.07) is 0. The van der Waals surface area contributed by atoms with Gasteiger partial charge in [-0.05, 0) is 12.8 Å². The van der Waals surface area contributed by atoms with E-state index >= 15 is 0 Å².